The first-order valence-corrected chi connectivity index (χ1v) is 7.36. The topological polar surface area (TPSA) is 29.5 Å². The third-order valence-corrected chi connectivity index (χ3v) is 3.68. The minimum atomic E-state index is -0.606. The molecule has 0 saturated carbocycles. The summed E-state index contributed by atoms with van der Waals surface area (Å²) in [6.07, 6.45) is -0.606. The number of aliphatic hydroxyl groups is 1. The van der Waals surface area contributed by atoms with E-state index in [1.54, 1.807) is 25.1 Å². The van der Waals surface area contributed by atoms with Gasteiger partial charge in [0.1, 0.15) is 12.4 Å². The Morgan fingerprint density at radius 2 is 1.89 bits per heavy atom. The molecule has 2 aromatic carbocycles. The van der Waals surface area contributed by atoms with Crippen LogP contribution in [-0.4, -0.2) is 5.11 Å². The van der Waals surface area contributed by atoms with Crippen molar-refractivity contribution in [2.75, 3.05) is 0 Å². The van der Waals surface area contributed by atoms with Gasteiger partial charge in [-0.05, 0) is 65.4 Å². The predicted molar refractivity (Wildman–Crippen MR) is 85.6 cm³/mol. The molecule has 2 nitrogen and oxygen atoms in total. The maximum Gasteiger partial charge on any atom is 0.125 e. The summed E-state index contributed by atoms with van der Waals surface area (Å²) >= 11 is 8.19. The van der Waals surface area contributed by atoms with Crippen LogP contribution in [0, 0.1) is 3.57 Å². The Kier molecular flexibility index (Phi) is 5.07. The molecule has 2 aromatic rings. The van der Waals surface area contributed by atoms with E-state index in [9.17, 15) is 5.11 Å². The Bertz CT molecular complexity index is 553. The molecule has 0 aliphatic heterocycles. The van der Waals surface area contributed by atoms with Crippen molar-refractivity contribution in [3.05, 3.63) is 62.2 Å². The Morgan fingerprint density at radius 3 is 2.53 bits per heavy atom. The maximum absolute atomic E-state index is 9.72. The molecule has 0 aromatic heterocycles. The van der Waals surface area contributed by atoms with Gasteiger partial charge in [-0.1, -0.05) is 23.7 Å². The van der Waals surface area contributed by atoms with Gasteiger partial charge < -0.3 is 9.84 Å². The second-order valence-electron chi connectivity index (χ2n) is 4.27. The molecular formula is C15H14ClIO2. The van der Waals surface area contributed by atoms with Gasteiger partial charge in [0.25, 0.3) is 0 Å². The fraction of sp³-hybridized carbons (Fsp3) is 0.200. The van der Waals surface area contributed by atoms with Crippen molar-refractivity contribution in [2.45, 2.75) is 19.6 Å². The minimum Gasteiger partial charge on any atom is -0.489 e. The van der Waals surface area contributed by atoms with Crippen LogP contribution in [0.25, 0.3) is 0 Å². The second kappa shape index (κ2) is 6.59. The van der Waals surface area contributed by atoms with Crippen molar-refractivity contribution >= 4 is 34.2 Å². The number of rotatable bonds is 4. The average molecular weight is 389 g/mol. The molecule has 0 amide bonds. The van der Waals surface area contributed by atoms with Gasteiger partial charge in [0.15, 0.2) is 0 Å². The summed E-state index contributed by atoms with van der Waals surface area (Å²) in [7, 11) is 0. The normalized spacial score (nSPS) is 12.2. The summed E-state index contributed by atoms with van der Waals surface area (Å²) in [6.45, 7) is 2.17. The standard InChI is InChI=1S/C15H14ClIO2/c1-10(18)14-8-12(16)4-7-15(14)19-9-11-2-5-13(17)6-3-11/h2-8,10,18H,9H2,1H3. The first kappa shape index (κ1) is 14.6. The van der Waals surface area contributed by atoms with Gasteiger partial charge in [0.05, 0.1) is 6.10 Å². The Morgan fingerprint density at radius 1 is 1.21 bits per heavy atom. The molecule has 1 atom stereocenters. The summed E-state index contributed by atoms with van der Waals surface area (Å²) in [6, 6.07) is 13.4. The first-order valence-electron chi connectivity index (χ1n) is 5.91. The van der Waals surface area contributed by atoms with Crippen LogP contribution in [0.1, 0.15) is 24.2 Å². The number of aliphatic hydroxyl groups excluding tert-OH is 1. The number of hydrogen-bond donors (Lipinski definition) is 1. The summed E-state index contributed by atoms with van der Waals surface area (Å²) in [5.41, 5.74) is 1.80. The van der Waals surface area contributed by atoms with E-state index in [0.29, 0.717) is 22.9 Å². The summed E-state index contributed by atoms with van der Waals surface area (Å²) in [5.74, 6) is 0.665. The van der Waals surface area contributed by atoms with Crippen molar-refractivity contribution in [3.8, 4) is 5.75 Å². The summed E-state index contributed by atoms with van der Waals surface area (Å²) < 4.78 is 6.95. The van der Waals surface area contributed by atoms with Crippen LogP contribution in [0.5, 0.6) is 5.75 Å². The van der Waals surface area contributed by atoms with E-state index >= 15 is 0 Å². The van der Waals surface area contributed by atoms with E-state index in [2.05, 4.69) is 22.6 Å². The molecule has 19 heavy (non-hydrogen) atoms. The molecule has 1 unspecified atom stereocenters. The third kappa shape index (κ3) is 4.09. The van der Waals surface area contributed by atoms with E-state index in [-0.39, 0.29) is 0 Å². The van der Waals surface area contributed by atoms with Crippen molar-refractivity contribution in [3.63, 3.8) is 0 Å². The van der Waals surface area contributed by atoms with Crippen LogP contribution in [0.3, 0.4) is 0 Å². The van der Waals surface area contributed by atoms with Crippen LogP contribution < -0.4 is 4.74 Å². The zero-order valence-electron chi connectivity index (χ0n) is 10.4. The highest BCUT2D eigenvalue weighted by molar-refractivity contribution is 14.1. The second-order valence-corrected chi connectivity index (χ2v) is 5.96. The lowest BCUT2D eigenvalue weighted by atomic mass is 10.1. The minimum absolute atomic E-state index is 0.471. The first-order chi connectivity index (χ1) is 9.06. The molecule has 0 aliphatic rings. The molecular weight excluding hydrogens is 375 g/mol. The molecule has 0 fully saturated rings. The fourth-order valence-electron chi connectivity index (χ4n) is 1.72. The highest BCUT2D eigenvalue weighted by Crippen LogP contribution is 2.28. The van der Waals surface area contributed by atoms with Crippen molar-refractivity contribution in [1.29, 1.82) is 0 Å². The molecule has 0 spiro atoms. The molecule has 0 radical (unpaired) electrons. The lowest BCUT2D eigenvalue weighted by Crippen LogP contribution is -2.01. The van der Waals surface area contributed by atoms with Gasteiger partial charge in [-0.25, -0.2) is 0 Å². The SMILES string of the molecule is CC(O)c1cc(Cl)ccc1OCc1ccc(I)cc1. The van der Waals surface area contributed by atoms with Crippen molar-refractivity contribution in [2.24, 2.45) is 0 Å². The smallest absolute Gasteiger partial charge is 0.125 e. The zero-order chi connectivity index (χ0) is 13.8. The molecule has 0 aliphatic carbocycles. The van der Waals surface area contributed by atoms with E-state index in [4.69, 9.17) is 16.3 Å². The lowest BCUT2D eigenvalue weighted by molar-refractivity contribution is 0.190. The van der Waals surface area contributed by atoms with E-state index in [1.807, 2.05) is 24.3 Å². The largest absolute Gasteiger partial charge is 0.489 e. The molecule has 2 rings (SSSR count). The van der Waals surface area contributed by atoms with Crippen molar-refractivity contribution in [1.82, 2.24) is 0 Å². The Labute approximate surface area is 131 Å². The van der Waals surface area contributed by atoms with Crippen LogP contribution >= 0.6 is 34.2 Å². The molecule has 0 heterocycles. The quantitative estimate of drug-likeness (QED) is 0.777. The van der Waals surface area contributed by atoms with Gasteiger partial charge in [-0.3, -0.25) is 0 Å². The monoisotopic (exact) mass is 388 g/mol. The highest BCUT2D eigenvalue weighted by atomic mass is 127. The van der Waals surface area contributed by atoms with E-state index in [0.717, 1.165) is 5.56 Å². The Hall–Kier alpha value is -0.780. The van der Waals surface area contributed by atoms with Crippen LogP contribution in [0.2, 0.25) is 5.02 Å². The molecule has 100 valence electrons. The van der Waals surface area contributed by atoms with Gasteiger partial charge in [-0.2, -0.15) is 0 Å². The predicted octanol–water partition coefficient (Wildman–Crippen LogP) is 4.58. The number of halogens is 2. The average Bonchev–Trinajstić information content (AvgIpc) is 2.39. The molecule has 0 bridgehead atoms. The van der Waals surface area contributed by atoms with Crippen LogP contribution in [-0.2, 0) is 6.61 Å². The summed E-state index contributed by atoms with van der Waals surface area (Å²) in [4.78, 5) is 0. The van der Waals surface area contributed by atoms with Crippen LogP contribution in [0.4, 0.5) is 0 Å². The maximum atomic E-state index is 9.72. The molecule has 1 N–H and O–H groups in total. The number of hydrogen-bond acceptors (Lipinski definition) is 2. The fourth-order valence-corrected chi connectivity index (χ4v) is 2.26. The van der Waals surface area contributed by atoms with Crippen LogP contribution in [0.15, 0.2) is 42.5 Å². The zero-order valence-corrected chi connectivity index (χ0v) is 13.4. The van der Waals surface area contributed by atoms with Gasteiger partial charge in [-0.15, -0.1) is 0 Å². The Balaban J connectivity index is 2.13. The van der Waals surface area contributed by atoms with Gasteiger partial charge in [0, 0.05) is 14.2 Å². The summed E-state index contributed by atoms with van der Waals surface area (Å²) in [5, 5.41) is 10.3. The van der Waals surface area contributed by atoms with Gasteiger partial charge in [0.2, 0.25) is 0 Å². The number of benzene rings is 2. The van der Waals surface area contributed by atoms with Gasteiger partial charge >= 0.3 is 0 Å². The molecule has 0 saturated heterocycles. The van der Waals surface area contributed by atoms with E-state index < -0.39 is 6.10 Å². The molecule has 4 heteroatoms. The van der Waals surface area contributed by atoms with E-state index in [1.165, 1.54) is 3.57 Å². The lowest BCUT2D eigenvalue weighted by Gasteiger charge is -2.14. The third-order valence-electron chi connectivity index (χ3n) is 2.73. The highest BCUT2D eigenvalue weighted by Gasteiger charge is 2.10. The number of ether oxygens (including phenoxy) is 1. The van der Waals surface area contributed by atoms with Crippen molar-refractivity contribution < 1.29 is 9.84 Å².